The topological polar surface area (TPSA) is 12.0 Å². The van der Waals surface area contributed by atoms with Crippen LogP contribution in [0.4, 0.5) is 13.2 Å². The highest BCUT2D eigenvalue weighted by Crippen LogP contribution is 2.29. The number of aryl methyl sites for hydroxylation is 1. The lowest BCUT2D eigenvalue weighted by Crippen LogP contribution is -2.20. The molecule has 0 aliphatic heterocycles. The minimum atomic E-state index is -0.944. The summed E-state index contributed by atoms with van der Waals surface area (Å²) in [6, 6.07) is 5.72. The predicted octanol–water partition coefficient (Wildman–Crippen LogP) is 4.37. The summed E-state index contributed by atoms with van der Waals surface area (Å²) in [6.07, 6.45) is 0. The summed E-state index contributed by atoms with van der Waals surface area (Å²) in [7, 11) is 1.57. The predicted molar refractivity (Wildman–Crippen MR) is 73.4 cm³/mol. The Bertz CT molecular complexity index is 620. The maximum absolute atomic E-state index is 13.9. The van der Waals surface area contributed by atoms with Crippen LogP contribution in [0, 0.1) is 24.4 Å². The molecule has 2 aromatic carbocycles. The van der Waals surface area contributed by atoms with Crippen LogP contribution in [0.25, 0.3) is 0 Å². The number of nitrogens with one attached hydrogen (secondary N) is 1. The van der Waals surface area contributed by atoms with Crippen molar-refractivity contribution in [3.05, 3.63) is 69.5 Å². The Morgan fingerprint density at radius 2 is 1.65 bits per heavy atom. The molecule has 0 amide bonds. The molecule has 0 heterocycles. The highest BCUT2D eigenvalue weighted by Gasteiger charge is 2.22. The first kappa shape index (κ1) is 14.9. The van der Waals surface area contributed by atoms with Crippen LogP contribution in [0.3, 0.4) is 0 Å². The van der Waals surface area contributed by atoms with E-state index in [1.807, 2.05) is 6.92 Å². The SMILES string of the molecule is CNC(c1ccc(C)c(Cl)c1)c1c(F)cc(F)cc1F. The van der Waals surface area contributed by atoms with Gasteiger partial charge in [-0.05, 0) is 31.2 Å². The van der Waals surface area contributed by atoms with Gasteiger partial charge in [-0.15, -0.1) is 0 Å². The van der Waals surface area contributed by atoms with Crippen LogP contribution in [-0.4, -0.2) is 7.05 Å². The number of rotatable bonds is 3. The summed E-state index contributed by atoms with van der Waals surface area (Å²) in [5.41, 5.74) is 1.24. The zero-order valence-corrected chi connectivity index (χ0v) is 11.7. The molecular weight excluding hydrogens is 287 g/mol. The Balaban J connectivity index is 2.55. The highest BCUT2D eigenvalue weighted by atomic mass is 35.5. The third kappa shape index (κ3) is 2.81. The third-order valence-electron chi connectivity index (χ3n) is 3.15. The van der Waals surface area contributed by atoms with Crippen molar-refractivity contribution < 1.29 is 13.2 Å². The highest BCUT2D eigenvalue weighted by molar-refractivity contribution is 6.31. The molecule has 0 aliphatic carbocycles. The molecule has 0 bridgehead atoms. The van der Waals surface area contributed by atoms with Gasteiger partial charge in [0.25, 0.3) is 0 Å². The smallest absolute Gasteiger partial charge is 0.134 e. The minimum absolute atomic E-state index is 0.228. The second-order valence-electron chi connectivity index (χ2n) is 4.51. The van der Waals surface area contributed by atoms with Gasteiger partial charge in [0, 0.05) is 22.7 Å². The first-order chi connectivity index (χ1) is 9.43. The van der Waals surface area contributed by atoms with E-state index < -0.39 is 23.5 Å². The summed E-state index contributed by atoms with van der Waals surface area (Å²) >= 11 is 6.03. The van der Waals surface area contributed by atoms with Crippen LogP contribution in [0.2, 0.25) is 5.02 Å². The molecule has 2 aromatic rings. The second-order valence-corrected chi connectivity index (χ2v) is 4.92. The van der Waals surface area contributed by atoms with Crippen molar-refractivity contribution in [2.24, 2.45) is 0 Å². The minimum Gasteiger partial charge on any atom is -0.309 e. The number of halogens is 4. The number of benzene rings is 2. The maximum atomic E-state index is 13.9. The van der Waals surface area contributed by atoms with Crippen molar-refractivity contribution in [3.63, 3.8) is 0 Å². The molecule has 20 heavy (non-hydrogen) atoms. The molecule has 0 radical (unpaired) electrons. The Labute approximate surface area is 120 Å². The molecule has 0 saturated carbocycles. The first-order valence-corrected chi connectivity index (χ1v) is 6.39. The van der Waals surface area contributed by atoms with Crippen molar-refractivity contribution in [1.82, 2.24) is 5.32 Å². The van der Waals surface area contributed by atoms with Crippen LogP contribution in [-0.2, 0) is 0 Å². The summed E-state index contributed by atoms with van der Waals surface area (Å²) < 4.78 is 40.7. The number of hydrogen-bond acceptors (Lipinski definition) is 1. The van der Waals surface area contributed by atoms with Crippen molar-refractivity contribution >= 4 is 11.6 Å². The Morgan fingerprint density at radius 1 is 1.05 bits per heavy atom. The molecule has 5 heteroatoms. The van der Waals surface area contributed by atoms with Gasteiger partial charge in [-0.3, -0.25) is 0 Å². The lowest BCUT2D eigenvalue weighted by molar-refractivity contribution is 0.500. The largest absolute Gasteiger partial charge is 0.309 e. The summed E-state index contributed by atoms with van der Waals surface area (Å²) in [5.74, 6) is -2.81. The van der Waals surface area contributed by atoms with Gasteiger partial charge in [0.2, 0.25) is 0 Å². The van der Waals surface area contributed by atoms with Gasteiger partial charge < -0.3 is 5.32 Å². The zero-order valence-electron chi connectivity index (χ0n) is 11.0. The van der Waals surface area contributed by atoms with E-state index in [1.54, 1.807) is 25.2 Å². The zero-order chi connectivity index (χ0) is 14.9. The third-order valence-corrected chi connectivity index (χ3v) is 3.56. The van der Waals surface area contributed by atoms with Crippen LogP contribution >= 0.6 is 11.6 Å². The van der Waals surface area contributed by atoms with E-state index in [4.69, 9.17) is 11.6 Å². The normalized spacial score (nSPS) is 12.5. The second kappa shape index (κ2) is 5.85. The van der Waals surface area contributed by atoms with Crippen molar-refractivity contribution in [2.75, 3.05) is 7.05 Å². The van der Waals surface area contributed by atoms with E-state index in [9.17, 15) is 13.2 Å². The van der Waals surface area contributed by atoms with Crippen LogP contribution in [0.15, 0.2) is 30.3 Å². The van der Waals surface area contributed by atoms with Crippen molar-refractivity contribution in [3.8, 4) is 0 Å². The van der Waals surface area contributed by atoms with E-state index in [1.165, 1.54) is 0 Å². The molecule has 0 aromatic heterocycles. The van der Waals surface area contributed by atoms with Crippen LogP contribution in [0.5, 0.6) is 0 Å². The molecule has 1 unspecified atom stereocenters. The average molecular weight is 300 g/mol. The quantitative estimate of drug-likeness (QED) is 0.887. The molecule has 0 fully saturated rings. The van der Waals surface area contributed by atoms with E-state index in [0.29, 0.717) is 22.7 Å². The lowest BCUT2D eigenvalue weighted by atomic mass is 9.97. The van der Waals surface area contributed by atoms with E-state index >= 15 is 0 Å². The van der Waals surface area contributed by atoms with Gasteiger partial charge in [0.05, 0.1) is 6.04 Å². The standard InChI is InChI=1S/C15H13ClF3N/c1-8-3-4-9(5-11(8)16)15(20-2)14-12(18)6-10(17)7-13(14)19/h3-7,15,20H,1-2H3. The Kier molecular flexibility index (Phi) is 4.35. The first-order valence-electron chi connectivity index (χ1n) is 6.01. The molecule has 1 N–H and O–H groups in total. The molecule has 1 nitrogen and oxygen atoms in total. The van der Waals surface area contributed by atoms with Gasteiger partial charge in [-0.25, -0.2) is 13.2 Å². The van der Waals surface area contributed by atoms with Gasteiger partial charge in [-0.2, -0.15) is 0 Å². The average Bonchev–Trinajstić information content (AvgIpc) is 2.37. The maximum Gasteiger partial charge on any atom is 0.134 e. The number of hydrogen-bond donors (Lipinski definition) is 1. The fraction of sp³-hybridized carbons (Fsp3) is 0.200. The Hall–Kier alpha value is -1.52. The van der Waals surface area contributed by atoms with E-state index in [0.717, 1.165) is 5.56 Å². The lowest BCUT2D eigenvalue weighted by Gasteiger charge is -2.19. The van der Waals surface area contributed by atoms with Gasteiger partial charge in [0.15, 0.2) is 0 Å². The molecule has 106 valence electrons. The van der Waals surface area contributed by atoms with Crippen LogP contribution < -0.4 is 5.32 Å². The van der Waals surface area contributed by atoms with E-state index in [-0.39, 0.29) is 5.56 Å². The van der Waals surface area contributed by atoms with E-state index in [2.05, 4.69) is 5.32 Å². The summed E-state index contributed by atoms with van der Waals surface area (Å²) in [5, 5.41) is 3.33. The summed E-state index contributed by atoms with van der Waals surface area (Å²) in [6.45, 7) is 1.83. The fourth-order valence-electron chi connectivity index (χ4n) is 2.10. The summed E-state index contributed by atoms with van der Waals surface area (Å²) in [4.78, 5) is 0. The van der Waals surface area contributed by atoms with Crippen molar-refractivity contribution in [2.45, 2.75) is 13.0 Å². The molecule has 0 spiro atoms. The monoisotopic (exact) mass is 299 g/mol. The van der Waals surface area contributed by atoms with Crippen LogP contribution in [0.1, 0.15) is 22.7 Å². The van der Waals surface area contributed by atoms with Gasteiger partial charge in [0.1, 0.15) is 17.5 Å². The molecule has 0 aliphatic rings. The Morgan fingerprint density at radius 3 is 2.15 bits per heavy atom. The van der Waals surface area contributed by atoms with Gasteiger partial charge >= 0.3 is 0 Å². The molecule has 0 saturated heterocycles. The fourth-order valence-corrected chi connectivity index (χ4v) is 2.28. The molecule has 1 atom stereocenters. The molecular formula is C15H13ClF3N. The molecule has 2 rings (SSSR count). The van der Waals surface area contributed by atoms with Crippen molar-refractivity contribution in [1.29, 1.82) is 0 Å². The van der Waals surface area contributed by atoms with Gasteiger partial charge in [-0.1, -0.05) is 23.7 Å².